The number of allylic oxidation sites excluding steroid dienone is 7. The van der Waals surface area contributed by atoms with Crippen molar-refractivity contribution in [3.8, 4) is 0 Å². The molecule has 1 aliphatic heterocycles. The van der Waals surface area contributed by atoms with Gasteiger partial charge in [0.15, 0.2) is 5.78 Å². The molecule has 41 heavy (non-hydrogen) atoms. The number of fused-ring (bicyclic) bond motifs is 1. The number of Topliss-reactive ketones (excluding diaryl/α,β-unsaturated/α-hetero) is 2. The molecule has 7 nitrogen and oxygen atoms in total. The molecule has 7 heteroatoms. The maximum absolute atomic E-state index is 13.6. The van der Waals surface area contributed by atoms with Crippen molar-refractivity contribution >= 4 is 23.4 Å². The molecule has 1 saturated heterocycles. The Labute approximate surface area is 246 Å². The van der Waals surface area contributed by atoms with Gasteiger partial charge in [0, 0.05) is 31.0 Å². The molecule has 1 unspecified atom stereocenters. The monoisotopic (exact) mass is 565 g/mol. The fourth-order valence-electron chi connectivity index (χ4n) is 6.48. The summed E-state index contributed by atoms with van der Waals surface area (Å²) in [6.45, 7) is 4.59. The quantitative estimate of drug-likeness (QED) is 0.246. The van der Waals surface area contributed by atoms with E-state index in [1.165, 1.54) is 25.7 Å². The minimum Gasteiger partial charge on any atom is -0.375 e. The first kappa shape index (κ1) is 32.6. The third kappa shape index (κ3) is 9.54. The first-order valence-electron chi connectivity index (χ1n) is 16.0. The molecule has 1 heterocycles. The summed E-state index contributed by atoms with van der Waals surface area (Å²) in [6, 6.07) is -0.250. The highest BCUT2D eigenvalue weighted by molar-refractivity contribution is 5.95. The number of nitrogens with one attached hydrogen (secondary N) is 3. The lowest BCUT2D eigenvalue weighted by atomic mass is 9.65. The molecule has 226 valence electrons. The van der Waals surface area contributed by atoms with Gasteiger partial charge in [0.1, 0.15) is 5.78 Å². The molecule has 2 amide bonds. The Kier molecular flexibility index (Phi) is 13.6. The Morgan fingerprint density at radius 3 is 2.17 bits per heavy atom. The van der Waals surface area contributed by atoms with E-state index in [2.05, 4.69) is 41.9 Å². The average molecular weight is 566 g/mol. The largest absolute Gasteiger partial charge is 0.375 e. The van der Waals surface area contributed by atoms with Gasteiger partial charge in [-0.1, -0.05) is 82.8 Å². The highest BCUT2D eigenvalue weighted by Crippen LogP contribution is 2.44. The molecule has 0 radical (unpaired) electrons. The van der Waals surface area contributed by atoms with Crippen LogP contribution < -0.4 is 16.0 Å². The molecule has 3 rings (SSSR count). The number of rotatable bonds is 13. The average Bonchev–Trinajstić information content (AvgIpc) is 3.10. The lowest BCUT2D eigenvalue weighted by Crippen LogP contribution is -2.53. The number of piperidine rings is 1. The van der Waals surface area contributed by atoms with Crippen LogP contribution in [0.25, 0.3) is 0 Å². The van der Waals surface area contributed by atoms with E-state index in [9.17, 15) is 19.2 Å². The van der Waals surface area contributed by atoms with Gasteiger partial charge in [-0.05, 0) is 56.6 Å². The van der Waals surface area contributed by atoms with E-state index in [0.717, 1.165) is 62.6 Å². The van der Waals surface area contributed by atoms with Crippen LogP contribution in [0.1, 0.15) is 110 Å². The van der Waals surface area contributed by atoms with Gasteiger partial charge < -0.3 is 16.0 Å². The topological polar surface area (TPSA) is 104 Å². The molecular formula is C34H51N3O4. The van der Waals surface area contributed by atoms with Gasteiger partial charge in [0.05, 0.1) is 18.0 Å². The second kappa shape index (κ2) is 17.1. The molecule has 1 atom stereocenters. The number of hydrogen-bond donors (Lipinski definition) is 3. The zero-order chi connectivity index (χ0) is 29.5. The second-order valence-electron chi connectivity index (χ2n) is 11.8. The van der Waals surface area contributed by atoms with Crippen LogP contribution in [0.5, 0.6) is 0 Å². The Hall–Kier alpha value is -2.96. The highest BCUT2D eigenvalue weighted by atomic mass is 16.2. The predicted octanol–water partition coefficient (Wildman–Crippen LogP) is 5.77. The van der Waals surface area contributed by atoms with E-state index in [1.807, 2.05) is 24.3 Å². The van der Waals surface area contributed by atoms with E-state index in [0.29, 0.717) is 13.0 Å². The van der Waals surface area contributed by atoms with Crippen molar-refractivity contribution in [2.75, 3.05) is 13.1 Å². The van der Waals surface area contributed by atoms with Gasteiger partial charge in [-0.15, -0.1) is 0 Å². The lowest BCUT2D eigenvalue weighted by molar-refractivity contribution is -0.130. The molecule has 2 fully saturated rings. The molecule has 0 aromatic heterocycles. The van der Waals surface area contributed by atoms with Crippen LogP contribution in [0.2, 0.25) is 0 Å². The third-order valence-electron chi connectivity index (χ3n) is 9.09. The fourth-order valence-corrected chi connectivity index (χ4v) is 6.48. The number of hydrogen-bond acceptors (Lipinski definition) is 5. The van der Waals surface area contributed by atoms with Crippen molar-refractivity contribution in [3.05, 3.63) is 47.7 Å². The van der Waals surface area contributed by atoms with Gasteiger partial charge in [0.2, 0.25) is 11.8 Å². The SMILES string of the molecule is CCC1(CC)C(=O)C(CCCCNC(=O)CNC(=O)CCC(=O)C2CCCCCCCC2)NC2=C/C=C\C=C/C=C21. The summed E-state index contributed by atoms with van der Waals surface area (Å²) in [4.78, 5) is 50.7. The number of unbranched alkanes of at least 4 members (excludes halogenated alkanes) is 1. The van der Waals surface area contributed by atoms with Crippen molar-refractivity contribution in [2.24, 2.45) is 11.3 Å². The maximum atomic E-state index is 13.6. The molecule has 2 aliphatic carbocycles. The van der Waals surface area contributed by atoms with Crippen LogP contribution in [0.4, 0.5) is 0 Å². The summed E-state index contributed by atoms with van der Waals surface area (Å²) >= 11 is 0. The van der Waals surface area contributed by atoms with Crippen molar-refractivity contribution in [1.82, 2.24) is 16.0 Å². The van der Waals surface area contributed by atoms with Crippen LogP contribution in [0.15, 0.2) is 47.7 Å². The van der Waals surface area contributed by atoms with Gasteiger partial charge in [-0.2, -0.15) is 0 Å². The molecule has 0 bridgehead atoms. The Morgan fingerprint density at radius 2 is 1.49 bits per heavy atom. The number of amides is 2. The van der Waals surface area contributed by atoms with Crippen LogP contribution in [-0.2, 0) is 19.2 Å². The molecule has 0 aromatic rings. The Bertz CT molecular complexity index is 1020. The molecule has 1 saturated carbocycles. The van der Waals surface area contributed by atoms with E-state index < -0.39 is 5.41 Å². The number of carbonyl (C=O) groups is 4. The zero-order valence-electron chi connectivity index (χ0n) is 25.3. The first-order chi connectivity index (χ1) is 19.9. The summed E-state index contributed by atoms with van der Waals surface area (Å²) in [5.74, 6) is 0.0387. The van der Waals surface area contributed by atoms with Crippen molar-refractivity contribution in [3.63, 3.8) is 0 Å². The Morgan fingerprint density at radius 1 is 0.829 bits per heavy atom. The van der Waals surface area contributed by atoms with Crippen molar-refractivity contribution < 1.29 is 19.2 Å². The van der Waals surface area contributed by atoms with E-state index in [-0.39, 0.29) is 54.7 Å². The summed E-state index contributed by atoms with van der Waals surface area (Å²) in [5, 5.41) is 8.99. The van der Waals surface area contributed by atoms with Crippen molar-refractivity contribution in [1.29, 1.82) is 0 Å². The summed E-state index contributed by atoms with van der Waals surface area (Å²) in [5.41, 5.74) is 1.60. The predicted molar refractivity (Wildman–Crippen MR) is 164 cm³/mol. The smallest absolute Gasteiger partial charge is 0.239 e. The van der Waals surface area contributed by atoms with Crippen LogP contribution >= 0.6 is 0 Å². The molecule has 0 aromatic carbocycles. The normalized spacial score (nSPS) is 22.6. The molecule has 3 N–H and O–H groups in total. The van der Waals surface area contributed by atoms with Gasteiger partial charge >= 0.3 is 0 Å². The lowest BCUT2D eigenvalue weighted by Gasteiger charge is -2.43. The van der Waals surface area contributed by atoms with E-state index in [1.54, 1.807) is 0 Å². The number of ketones is 2. The summed E-state index contributed by atoms with van der Waals surface area (Å²) in [6.07, 6.45) is 25.2. The minimum atomic E-state index is -0.483. The summed E-state index contributed by atoms with van der Waals surface area (Å²) in [7, 11) is 0. The highest BCUT2D eigenvalue weighted by Gasteiger charge is 2.46. The molecule has 0 spiro atoms. The van der Waals surface area contributed by atoms with Crippen LogP contribution in [0, 0.1) is 11.3 Å². The Balaban J connectivity index is 1.34. The van der Waals surface area contributed by atoms with Gasteiger partial charge in [-0.3, -0.25) is 19.2 Å². The zero-order valence-corrected chi connectivity index (χ0v) is 25.3. The number of carbonyl (C=O) groups excluding carboxylic acids is 4. The molecular weight excluding hydrogens is 514 g/mol. The van der Waals surface area contributed by atoms with Crippen molar-refractivity contribution in [2.45, 2.75) is 116 Å². The van der Waals surface area contributed by atoms with E-state index >= 15 is 0 Å². The first-order valence-corrected chi connectivity index (χ1v) is 16.0. The summed E-state index contributed by atoms with van der Waals surface area (Å²) < 4.78 is 0. The standard InChI is InChI=1S/C34H51N3O4/c1-3-34(4-2)27-19-13-9-10-14-20-28(27)37-29(33(34)41)21-15-16-24-35-32(40)25-36-31(39)23-22-30(38)26-17-11-7-5-6-8-12-18-26/h9-10,13-14,19-20,26,29,37H,3-8,11-12,15-18,21-25H2,1-2H3,(H,35,40)(H,36,39)/b10-9?,13-9-,14-10-,19-13?,20-14?,27-19?,28-20?. The fraction of sp³-hybridized carbons (Fsp3) is 0.647. The van der Waals surface area contributed by atoms with E-state index in [4.69, 9.17) is 0 Å². The van der Waals surface area contributed by atoms with Crippen LogP contribution in [-0.4, -0.2) is 42.5 Å². The van der Waals surface area contributed by atoms with Crippen LogP contribution in [0.3, 0.4) is 0 Å². The van der Waals surface area contributed by atoms with Gasteiger partial charge in [0.25, 0.3) is 0 Å². The maximum Gasteiger partial charge on any atom is 0.239 e. The second-order valence-corrected chi connectivity index (χ2v) is 11.8. The van der Waals surface area contributed by atoms with Gasteiger partial charge in [-0.25, -0.2) is 0 Å². The minimum absolute atomic E-state index is 0.0835. The third-order valence-corrected chi connectivity index (χ3v) is 9.09. The molecule has 3 aliphatic rings.